The number of hydrogen-bond acceptors (Lipinski definition) is 4. The fraction of sp³-hybridized carbons (Fsp3) is 0.250. The van der Waals surface area contributed by atoms with Crippen molar-refractivity contribution in [2.24, 2.45) is 0 Å². The van der Waals surface area contributed by atoms with Crippen LogP contribution < -0.4 is 9.47 Å². The van der Waals surface area contributed by atoms with Gasteiger partial charge in [0.05, 0.1) is 4.92 Å². The van der Waals surface area contributed by atoms with Crippen LogP contribution in [0.5, 0.6) is 11.5 Å². The lowest BCUT2D eigenvalue weighted by Crippen LogP contribution is -2.15. The van der Waals surface area contributed by atoms with Gasteiger partial charge in [-0.3, -0.25) is 10.1 Å². The van der Waals surface area contributed by atoms with Crippen LogP contribution in [0.4, 0.5) is 5.69 Å². The molecule has 0 bridgehead atoms. The van der Waals surface area contributed by atoms with Gasteiger partial charge in [-0.15, -0.1) is 0 Å². The van der Waals surface area contributed by atoms with Crippen molar-refractivity contribution >= 4 is 21.6 Å². The summed E-state index contributed by atoms with van der Waals surface area (Å²) in [5, 5.41) is 10.6. The van der Waals surface area contributed by atoms with Gasteiger partial charge in [-0.05, 0) is 22.0 Å². The molecule has 0 radical (unpaired) electrons. The van der Waals surface area contributed by atoms with E-state index >= 15 is 0 Å². The van der Waals surface area contributed by atoms with Gasteiger partial charge < -0.3 is 9.47 Å². The summed E-state index contributed by atoms with van der Waals surface area (Å²) >= 11 is 3.12. The lowest BCUT2D eigenvalue weighted by atomic mass is 10.2. The highest BCUT2D eigenvalue weighted by Gasteiger charge is 2.23. The minimum atomic E-state index is -0.470. The maximum Gasteiger partial charge on any atom is 0.287 e. The second-order valence-electron chi connectivity index (χ2n) is 2.68. The predicted molar refractivity (Wildman–Crippen MR) is 51.8 cm³/mol. The van der Waals surface area contributed by atoms with Crippen LogP contribution in [-0.2, 0) is 0 Å². The highest BCUT2D eigenvalue weighted by atomic mass is 79.9. The summed E-state index contributed by atoms with van der Waals surface area (Å²) in [7, 11) is 0. The standard InChI is InChI=1S/C8H6BrNO4/c9-7-5(10(11)12)1-2-6-8(7)14-4-3-13-6/h1-2H,3-4H2. The van der Waals surface area contributed by atoms with Gasteiger partial charge in [0.15, 0.2) is 11.5 Å². The van der Waals surface area contributed by atoms with Gasteiger partial charge in [-0.1, -0.05) is 0 Å². The van der Waals surface area contributed by atoms with Crippen LogP contribution in [0.1, 0.15) is 0 Å². The van der Waals surface area contributed by atoms with Crippen molar-refractivity contribution in [3.8, 4) is 11.5 Å². The normalized spacial score (nSPS) is 13.8. The van der Waals surface area contributed by atoms with Crippen LogP contribution in [0, 0.1) is 10.1 Å². The lowest BCUT2D eigenvalue weighted by molar-refractivity contribution is -0.385. The molecule has 0 saturated carbocycles. The fourth-order valence-corrected chi connectivity index (χ4v) is 1.80. The van der Waals surface area contributed by atoms with Gasteiger partial charge >= 0.3 is 0 Å². The quantitative estimate of drug-likeness (QED) is 0.573. The Labute approximate surface area is 87.9 Å². The molecule has 6 heteroatoms. The number of benzene rings is 1. The number of halogens is 1. The van der Waals surface area contributed by atoms with Crippen molar-refractivity contribution in [1.82, 2.24) is 0 Å². The van der Waals surface area contributed by atoms with E-state index < -0.39 is 4.92 Å². The summed E-state index contributed by atoms with van der Waals surface area (Å²) in [6, 6.07) is 2.93. The maximum atomic E-state index is 10.6. The Kier molecular flexibility index (Phi) is 2.28. The van der Waals surface area contributed by atoms with Crippen LogP contribution in [0.3, 0.4) is 0 Å². The number of nitro groups is 1. The van der Waals surface area contributed by atoms with Crippen molar-refractivity contribution in [1.29, 1.82) is 0 Å². The number of hydrogen-bond donors (Lipinski definition) is 0. The van der Waals surface area contributed by atoms with Crippen molar-refractivity contribution in [2.45, 2.75) is 0 Å². The summed E-state index contributed by atoms with van der Waals surface area (Å²) < 4.78 is 10.9. The Morgan fingerprint density at radius 2 is 2.07 bits per heavy atom. The number of ether oxygens (including phenoxy) is 2. The van der Waals surface area contributed by atoms with Crippen molar-refractivity contribution in [3.05, 3.63) is 26.7 Å². The van der Waals surface area contributed by atoms with Gasteiger partial charge in [0, 0.05) is 6.07 Å². The van der Waals surface area contributed by atoms with Crippen molar-refractivity contribution in [2.75, 3.05) is 13.2 Å². The molecule has 0 N–H and O–H groups in total. The van der Waals surface area contributed by atoms with Crippen LogP contribution in [-0.4, -0.2) is 18.1 Å². The minimum absolute atomic E-state index is 0.0192. The largest absolute Gasteiger partial charge is 0.486 e. The second-order valence-corrected chi connectivity index (χ2v) is 3.47. The average Bonchev–Trinajstić information content (AvgIpc) is 2.18. The van der Waals surface area contributed by atoms with Gasteiger partial charge in [0.2, 0.25) is 0 Å². The molecule has 0 aromatic heterocycles. The van der Waals surface area contributed by atoms with Crippen LogP contribution in [0.15, 0.2) is 16.6 Å². The first-order chi connectivity index (χ1) is 6.70. The smallest absolute Gasteiger partial charge is 0.287 e. The predicted octanol–water partition coefficient (Wildman–Crippen LogP) is 2.13. The number of rotatable bonds is 1. The molecule has 1 heterocycles. The summed E-state index contributed by atoms with van der Waals surface area (Å²) in [4.78, 5) is 10.1. The van der Waals surface area contributed by atoms with E-state index in [0.717, 1.165) is 0 Å². The van der Waals surface area contributed by atoms with Crippen LogP contribution in [0.2, 0.25) is 0 Å². The molecule has 1 aromatic rings. The van der Waals surface area contributed by atoms with E-state index in [0.29, 0.717) is 29.2 Å². The van der Waals surface area contributed by atoms with Crippen molar-refractivity contribution in [3.63, 3.8) is 0 Å². The molecule has 5 nitrogen and oxygen atoms in total. The van der Waals surface area contributed by atoms with E-state index in [4.69, 9.17) is 9.47 Å². The number of fused-ring (bicyclic) bond motifs is 1. The Bertz CT molecular complexity index is 393. The third kappa shape index (κ3) is 1.41. The first-order valence-electron chi connectivity index (χ1n) is 3.92. The van der Waals surface area contributed by atoms with Gasteiger partial charge in [-0.25, -0.2) is 0 Å². The molecule has 1 aliphatic rings. The topological polar surface area (TPSA) is 61.6 Å². The molecular weight excluding hydrogens is 254 g/mol. The number of nitrogens with zero attached hydrogens (tertiary/aromatic N) is 1. The van der Waals surface area contributed by atoms with E-state index in [1.165, 1.54) is 12.1 Å². The van der Waals surface area contributed by atoms with Gasteiger partial charge in [0.25, 0.3) is 5.69 Å². The monoisotopic (exact) mass is 259 g/mol. The van der Waals surface area contributed by atoms with Gasteiger partial charge in [-0.2, -0.15) is 0 Å². The Morgan fingerprint density at radius 1 is 1.36 bits per heavy atom. The fourth-order valence-electron chi connectivity index (χ4n) is 1.21. The highest BCUT2D eigenvalue weighted by molar-refractivity contribution is 9.10. The van der Waals surface area contributed by atoms with Crippen LogP contribution >= 0.6 is 15.9 Å². The van der Waals surface area contributed by atoms with E-state index in [9.17, 15) is 10.1 Å². The van der Waals surface area contributed by atoms with E-state index in [1.807, 2.05) is 0 Å². The highest BCUT2D eigenvalue weighted by Crippen LogP contribution is 2.42. The van der Waals surface area contributed by atoms with Crippen molar-refractivity contribution < 1.29 is 14.4 Å². The summed E-state index contributed by atoms with van der Waals surface area (Å²) in [6.45, 7) is 0.879. The third-order valence-corrected chi connectivity index (χ3v) is 2.59. The van der Waals surface area contributed by atoms with Gasteiger partial charge in [0.1, 0.15) is 17.7 Å². The Morgan fingerprint density at radius 3 is 2.79 bits per heavy atom. The first-order valence-corrected chi connectivity index (χ1v) is 4.72. The zero-order chi connectivity index (χ0) is 10.1. The molecule has 2 rings (SSSR count). The molecule has 0 spiro atoms. The average molecular weight is 260 g/mol. The molecule has 0 atom stereocenters. The molecule has 14 heavy (non-hydrogen) atoms. The zero-order valence-corrected chi connectivity index (χ0v) is 8.61. The second kappa shape index (κ2) is 3.45. The third-order valence-electron chi connectivity index (χ3n) is 1.82. The molecule has 0 aliphatic carbocycles. The summed E-state index contributed by atoms with van der Waals surface area (Å²) in [5.74, 6) is 0.944. The zero-order valence-electron chi connectivity index (χ0n) is 7.03. The molecule has 0 saturated heterocycles. The molecule has 0 unspecified atom stereocenters. The molecule has 0 fully saturated rings. The molecule has 0 amide bonds. The van der Waals surface area contributed by atoms with E-state index in [2.05, 4.69) is 15.9 Å². The Balaban J connectivity index is 2.54. The SMILES string of the molecule is O=[N+]([O-])c1ccc2c(c1Br)OCCO2. The number of nitro benzene ring substituents is 1. The first kappa shape index (κ1) is 9.26. The summed E-state index contributed by atoms with van der Waals surface area (Å²) in [5.41, 5.74) is -0.0192. The van der Waals surface area contributed by atoms with E-state index in [1.54, 1.807) is 0 Å². The molecule has 1 aromatic carbocycles. The molecule has 74 valence electrons. The maximum absolute atomic E-state index is 10.6. The minimum Gasteiger partial charge on any atom is -0.486 e. The van der Waals surface area contributed by atoms with E-state index in [-0.39, 0.29) is 5.69 Å². The Hall–Kier alpha value is -1.30. The lowest BCUT2D eigenvalue weighted by Gasteiger charge is -2.18. The van der Waals surface area contributed by atoms with Crippen LogP contribution in [0.25, 0.3) is 0 Å². The molecular formula is C8H6BrNO4. The molecule has 1 aliphatic heterocycles. The summed E-state index contributed by atoms with van der Waals surface area (Å²) in [6.07, 6.45) is 0.